The third-order valence-corrected chi connectivity index (χ3v) is 2.89. The van der Waals surface area contributed by atoms with Gasteiger partial charge in [-0.25, -0.2) is 0 Å². The second-order valence-electron chi connectivity index (χ2n) is 5.55. The van der Waals surface area contributed by atoms with Gasteiger partial charge in [0.15, 0.2) is 0 Å². The van der Waals surface area contributed by atoms with Crippen molar-refractivity contribution in [3.8, 4) is 5.75 Å². The summed E-state index contributed by atoms with van der Waals surface area (Å²) in [5, 5.41) is 0. The van der Waals surface area contributed by atoms with Crippen LogP contribution in [0.15, 0.2) is 12.3 Å². The van der Waals surface area contributed by atoms with Crippen molar-refractivity contribution in [2.45, 2.75) is 58.5 Å². The molecule has 0 atom stereocenters. The van der Waals surface area contributed by atoms with Gasteiger partial charge >= 0.3 is 0 Å². The fraction of sp³-hybridized carbons (Fsp3) is 0.643. The first-order chi connectivity index (χ1) is 7.52. The van der Waals surface area contributed by atoms with Crippen molar-refractivity contribution in [2.75, 3.05) is 0 Å². The van der Waals surface area contributed by atoms with Crippen LogP contribution >= 0.6 is 0 Å². The lowest BCUT2D eigenvalue weighted by atomic mass is 9.84. The molecule has 0 spiro atoms. The zero-order chi connectivity index (χ0) is 11.8. The van der Waals surface area contributed by atoms with Gasteiger partial charge in [-0.3, -0.25) is 4.98 Å². The quantitative estimate of drug-likeness (QED) is 0.776. The van der Waals surface area contributed by atoms with Crippen LogP contribution < -0.4 is 4.74 Å². The Bertz CT molecular complexity index is 375. The number of ether oxygens (including phenoxy) is 1. The highest BCUT2D eigenvalue weighted by molar-refractivity contribution is 5.41. The first-order valence-electron chi connectivity index (χ1n) is 6.17. The molecule has 0 aliphatic heterocycles. The number of aryl methyl sites for hydroxylation is 1. The van der Waals surface area contributed by atoms with Crippen LogP contribution in [0.4, 0.5) is 0 Å². The fourth-order valence-electron chi connectivity index (χ4n) is 2.02. The summed E-state index contributed by atoms with van der Waals surface area (Å²) in [7, 11) is 0. The summed E-state index contributed by atoms with van der Waals surface area (Å²) in [6.45, 7) is 8.83. The molecule has 1 aromatic rings. The average Bonchev–Trinajstić information content (AvgIpc) is 2.99. The van der Waals surface area contributed by atoms with E-state index < -0.39 is 0 Å². The largest absolute Gasteiger partial charge is 0.490 e. The third kappa shape index (κ3) is 2.37. The van der Waals surface area contributed by atoms with Gasteiger partial charge in [-0.1, -0.05) is 27.7 Å². The predicted octanol–water partition coefficient (Wildman–Crippen LogP) is 3.48. The minimum Gasteiger partial charge on any atom is -0.490 e. The van der Waals surface area contributed by atoms with E-state index in [4.69, 9.17) is 4.74 Å². The van der Waals surface area contributed by atoms with Crippen LogP contribution in [0.1, 0.15) is 51.8 Å². The molecule has 0 N–H and O–H groups in total. The van der Waals surface area contributed by atoms with Gasteiger partial charge in [0.1, 0.15) is 5.75 Å². The van der Waals surface area contributed by atoms with Gasteiger partial charge in [0.25, 0.3) is 0 Å². The van der Waals surface area contributed by atoms with Gasteiger partial charge in [0.05, 0.1) is 6.10 Å². The predicted molar refractivity (Wildman–Crippen MR) is 66.0 cm³/mol. The minimum atomic E-state index is 0.101. The Morgan fingerprint density at radius 1 is 1.38 bits per heavy atom. The summed E-state index contributed by atoms with van der Waals surface area (Å²) in [5.74, 6) is 1.04. The van der Waals surface area contributed by atoms with Crippen molar-refractivity contribution in [3.63, 3.8) is 0 Å². The molecule has 1 fully saturated rings. The molecule has 0 bridgehead atoms. The number of hydrogen-bond acceptors (Lipinski definition) is 2. The van der Waals surface area contributed by atoms with Crippen LogP contribution in [0.5, 0.6) is 5.75 Å². The van der Waals surface area contributed by atoms with E-state index in [1.54, 1.807) is 0 Å². The topological polar surface area (TPSA) is 22.1 Å². The molecule has 0 saturated heterocycles. The molecule has 2 rings (SSSR count). The smallest absolute Gasteiger partial charge is 0.126 e. The standard InChI is InChI=1S/C14H21NO/c1-5-11-13(14(2,3)4)12(8-9-15-11)16-10-6-7-10/h8-10H,5-7H2,1-4H3. The Kier molecular flexibility index (Phi) is 2.92. The Morgan fingerprint density at radius 3 is 2.56 bits per heavy atom. The molecular formula is C14H21NO. The molecule has 0 unspecified atom stereocenters. The maximum absolute atomic E-state index is 5.99. The molecule has 0 amide bonds. The molecule has 1 aliphatic carbocycles. The van der Waals surface area contributed by atoms with Gasteiger partial charge in [-0.15, -0.1) is 0 Å². The van der Waals surface area contributed by atoms with Crippen molar-refractivity contribution in [2.24, 2.45) is 0 Å². The molecule has 2 heteroatoms. The van der Waals surface area contributed by atoms with E-state index in [-0.39, 0.29) is 5.41 Å². The number of hydrogen-bond donors (Lipinski definition) is 0. The highest BCUT2D eigenvalue weighted by Crippen LogP contribution is 2.36. The van der Waals surface area contributed by atoms with Gasteiger partial charge in [0.2, 0.25) is 0 Å². The Hall–Kier alpha value is -1.05. The molecule has 2 nitrogen and oxygen atoms in total. The van der Waals surface area contributed by atoms with Crippen molar-refractivity contribution in [3.05, 3.63) is 23.5 Å². The number of pyridine rings is 1. The Labute approximate surface area is 98.0 Å². The molecule has 0 radical (unpaired) electrons. The van der Waals surface area contributed by atoms with Gasteiger partial charge < -0.3 is 4.74 Å². The van der Waals surface area contributed by atoms with E-state index in [1.165, 1.54) is 24.1 Å². The van der Waals surface area contributed by atoms with E-state index in [2.05, 4.69) is 32.7 Å². The Morgan fingerprint density at radius 2 is 2.06 bits per heavy atom. The summed E-state index contributed by atoms with van der Waals surface area (Å²) in [6, 6.07) is 2.01. The summed E-state index contributed by atoms with van der Waals surface area (Å²) in [6.07, 6.45) is 5.69. The summed E-state index contributed by atoms with van der Waals surface area (Å²) < 4.78 is 5.99. The fourth-order valence-corrected chi connectivity index (χ4v) is 2.02. The first kappa shape index (κ1) is 11.4. The lowest BCUT2D eigenvalue weighted by molar-refractivity contribution is 0.293. The molecule has 16 heavy (non-hydrogen) atoms. The van der Waals surface area contributed by atoms with Crippen molar-refractivity contribution in [1.82, 2.24) is 4.98 Å². The monoisotopic (exact) mass is 219 g/mol. The van der Waals surface area contributed by atoms with Crippen LogP contribution in [-0.4, -0.2) is 11.1 Å². The van der Waals surface area contributed by atoms with Crippen LogP contribution in [0.3, 0.4) is 0 Å². The summed E-state index contributed by atoms with van der Waals surface area (Å²) >= 11 is 0. The summed E-state index contributed by atoms with van der Waals surface area (Å²) in [4.78, 5) is 4.47. The molecule has 1 saturated carbocycles. The van der Waals surface area contributed by atoms with Crippen LogP contribution in [0, 0.1) is 0 Å². The number of aromatic nitrogens is 1. The van der Waals surface area contributed by atoms with E-state index in [1.807, 2.05) is 12.3 Å². The number of rotatable bonds is 3. The van der Waals surface area contributed by atoms with Gasteiger partial charge in [-0.2, -0.15) is 0 Å². The maximum Gasteiger partial charge on any atom is 0.126 e. The van der Waals surface area contributed by atoms with Crippen molar-refractivity contribution < 1.29 is 4.74 Å². The van der Waals surface area contributed by atoms with Crippen molar-refractivity contribution >= 4 is 0 Å². The zero-order valence-electron chi connectivity index (χ0n) is 10.7. The second-order valence-corrected chi connectivity index (χ2v) is 5.55. The highest BCUT2D eigenvalue weighted by atomic mass is 16.5. The van der Waals surface area contributed by atoms with E-state index >= 15 is 0 Å². The Balaban J connectivity index is 2.41. The molecule has 1 aromatic heterocycles. The molecular weight excluding hydrogens is 198 g/mol. The van der Waals surface area contributed by atoms with Crippen LogP contribution in [0.25, 0.3) is 0 Å². The van der Waals surface area contributed by atoms with Gasteiger partial charge in [-0.05, 0) is 30.7 Å². The summed E-state index contributed by atoms with van der Waals surface area (Å²) in [5.41, 5.74) is 2.55. The second kappa shape index (κ2) is 4.08. The maximum atomic E-state index is 5.99. The van der Waals surface area contributed by atoms with E-state index in [9.17, 15) is 0 Å². The molecule has 88 valence electrons. The molecule has 0 aromatic carbocycles. The average molecular weight is 219 g/mol. The zero-order valence-corrected chi connectivity index (χ0v) is 10.7. The van der Waals surface area contributed by atoms with Crippen LogP contribution in [0.2, 0.25) is 0 Å². The molecule has 1 aliphatic rings. The van der Waals surface area contributed by atoms with E-state index in [0.717, 1.165) is 12.2 Å². The van der Waals surface area contributed by atoms with Crippen molar-refractivity contribution in [1.29, 1.82) is 0 Å². The lowest BCUT2D eigenvalue weighted by Gasteiger charge is -2.25. The first-order valence-corrected chi connectivity index (χ1v) is 6.17. The SMILES string of the molecule is CCc1nccc(OC2CC2)c1C(C)(C)C. The van der Waals surface area contributed by atoms with E-state index in [0.29, 0.717) is 6.10 Å². The van der Waals surface area contributed by atoms with Gasteiger partial charge in [0, 0.05) is 17.5 Å². The number of nitrogens with zero attached hydrogens (tertiary/aromatic N) is 1. The third-order valence-electron chi connectivity index (χ3n) is 2.89. The van der Waals surface area contributed by atoms with Crippen LogP contribution in [-0.2, 0) is 11.8 Å². The molecule has 1 heterocycles. The minimum absolute atomic E-state index is 0.101. The lowest BCUT2D eigenvalue weighted by Crippen LogP contribution is -2.17. The normalized spacial score (nSPS) is 16.2. The highest BCUT2D eigenvalue weighted by Gasteiger charge is 2.28.